The minimum Gasteiger partial charge on any atom is -0.348 e. The van der Waals surface area contributed by atoms with E-state index in [0.29, 0.717) is 6.54 Å². The Hall–Kier alpha value is -2.61. The average Bonchev–Trinajstić information content (AvgIpc) is 2.55. The zero-order valence-corrected chi connectivity index (χ0v) is 13.8. The van der Waals surface area contributed by atoms with Gasteiger partial charge in [0.05, 0.1) is 0 Å². The van der Waals surface area contributed by atoms with Crippen molar-refractivity contribution in [3.63, 3.8) is 0 Å². The second-order valence-corrected chi connectivity index (χ2v) is 6.12. The predicted octanol–water partition coefficient (Wildman–Crippen LogP) is 4.70. The first-order valence-electron chi connectivity index (χ1n) is 7.88. The highest BCUT2D eigenvalue weighted by molar-refractivity contribution is 5.96. The van der Waals surface area contributed by atoms with Crippen LogP contribution in [0.25, 0.3) is 10.8 Å². The first kappa shape index (κ1) is 15.3. The maximum absolute atomic E-state index is 12.5. The molecule has 0 unspecified atom stereocenters. The number of fused-ring (bicyclic) bond motifs is 1. The number of rotatable bonds is 3. The fraction of sp³-hybridized carbons (Fsp3) is 0.190. The van der Waals surface area contributed by atoms with Crippen molar-refractivity contribution in [3.8, 4) is 0 Å². The van der Waals surface area contributed by atoms with Crippen LogP contribution < -0.4 is 5.32 Å². The summed E-state index contributed by atoms with van der Waals surface area (Å²) in [5, 5.41) is 5.44. The number of hydrogen-bond acceptors (Lipinski definition) is 1. The quantitative estimate of drug-likeness (QED) is 0.747. The summed E-state index contributed by atoms with van der Waals surface area (Å²) in [6.45, 7) is 6.63. The third-order valence-corrected chi connectivity index (χ3v) is 4.35. The van der Waals surface area contributed by atoms with Crippen molar-refractivity contribution in [2.24, 2.45) is 0 Å². The second-order valence-electron chi connectivity index (χ2n) is 6.12. The molecule has 3 aromatic rings. The van der Waals surface area contributed by atoms with Gasteiger partial charge in [0.15, 0.2) is 0 Å². The van der Waals surface area contributed by atoms with E-state index in [9.17, 15) is 4.79 Å². The first-order valence-corrected chi connectivity index (χ1v) is 7.88. The molecule has 0 heterocycles. The van der Waals surface area contributed by atoms with E-state index in [4.69, 9.17) is 0 Å². The van der Waals surface area contributed by atoms with Gasteiger partial charge in [0.2, 0.25) is 0 Å². The van der Waals surface area contributed by atoms with Gasteiger partial charge in [-0.2, -0.15) is 0 Å². The second kappa shape index (κ2) is 6.25. The Morgan fingerprint density at radius 2 is 1.52 bits per heavy atom. The Morgan fingerprint density at radius 1 is 0.826 bits per heavy atom. The highest BCUT2D eigenvalue weighted by Crippen LogP contribution is 2.17. The summed E-state index contributed by atoms with van der Waals surface area (Å²) in [6.07, 6.45) is 0. The SMILES string of the molecule is Cc1cc(C)c(C(=O)NCc2ccc3ccccc3c2)cc1C. The normalized spacial score (nSPS) is 10.7. The van der Waals surface area contributed by atoms with Gasteiger partial charge < -0.3 is 5.32 Å². The topological polar surface area (TPSA) is 29.1 Å². The van der Waals surface area contributed by atoms with E-state index in [2.05, 4.69) is 48.6 Å². The minimum atomic E-state index is -0.0150. The maximum Gasteiger partial charge on any atom is 0.251 e. The van der Waals surface area contributed by atoms with Crippen LogP contribution in [-0.4, -0.2) is 5.91 Å². The molecular formula is C21H21NO. The van der Waals surface area contributed by atoms with Gasteiger partial charge in [-0.15, -0.1) is 0 Å². The average molecular weight is 303 g/mol. The summed E-state index contributed by atoms with van der Waals surface area (Å²) in [7, 11) is 0. The van der Waals surface area contributed by atoms with Crippen LogP contribution >= 0.6 is 0 Å². The molecule has 0 saturated carbocycles. The third kappa shape index (κ3) is 3.26. The summed E-state index contributed by atoms with van der Waals surface area (Å²) in [4.78, 5) is 12.5. The molecule has 1 amide bonds. The zero-order chi connectivity index (χ0) is 16.4. The molecule has 2 heteroatoms. The van der Waals surface area contributed by atoms with Crippen molar-refractivity contribution in [1.82, 2.24) is 5.32 Å². The summed E-state index contributed by atoms with van der Waals surface area (Å²) in [5.41, 5.74) is 5.25. The predicted molar refractivity (Wildman–Crippen MR) is 95.8 cm³/mol. The van der Waals surface area contributed by atoms with Crippen LogP contribution in [0.15, 0.2) is 54.6 Å². The number of benzene rings is 3. The molecule has 0 bridgehead atoms. The van der Waals surface area contributed by atoms with Crippen LogP contribution in [0.5, 0.6) is 0 Å². The molecule has 0 fully saturated rings. The van der Waals surface area contributed by atoms with E-state index in [0.717, 1.165) is 22.3 Å². The van der Waals surface area contributed by atoms with Crippen LogP contribution in [-0.2, 0) is 6.54 Å². The number of carbonyl (C=O) groups excluding carboxylic acids is 1. The van der Waals surface area contributed by atoms with Gasteiger partial charge in [0.25, 0.3) is 5.91 Å². The van der Waals surface area contributed by atoms with E-state index in [1.165, 1.54) is 16.3 Å². The standard InChI is InChI=1S/C21H21NO/c1-14-10-16(3)20(11-15(14)2)21(23)22-13-17-8-9-18-6-4-5-7-19(18)12-17/h4-12H,13H2,1-3H3,(H,22,23). The fourth-order valence-corrected chi connectivity index (χ4v) is 2.83. The third-order valence-electron chi connectivity index (χ3n) is 4.35. The highest BCUT2D eigenvalue weighted by Gasteiger charge is 2.10. The largest absolute Gasteiger partial charge is 0.348 e. The van der Waals surface area contributed by atoms with Crippen molar-refractivity contribution >= 4 is 16.7 Å². The number of nitrogens with one attached hydrogen (secondary N) is 1. The molecule has 1 N–H and O–H groups in total. The monoisotopic (exact) mass is 303 g/mol. The van der Waals surface area contributed by atoms with Gasteiger partial charge in [0, 0.05) is 12.1 Å². The van der Waals surface area contributed by atoms with Gasteiger partial charge in [-0.25, -0.2) is 0 Å². The molecule has 0 spiro atoms. The van der Waals surface area contributed by atoms with Crippen LogP contribution in [0.1, 0.15) is 32.6 Å². The molecule has 3 rings (SSSR count). The molecule has 2 nitrogen and oxygen atoms in total. The first-order chi connectivity index (χ1) is 11.0. The summed E-state index contributed by atoms with van der Waals surface area (Å²) < 4.78 is 0. The van der Waals surface area contributed by atoms with Crippen LogP contribution in [0.3, 0.4) is 0 Å². The molecule has 3 aromatic carbocycles. The van der Waals surface area contributed by atoms with Gasteiger partial charge in [-0.05, 0) is 65.9 Å². The maximum atomic E-state index is 12.5. The van der Waals surface area contributed by atoms with Crippen LogP contribution in [0, 0.1) is 20.8 Å². The van der Waals surface area contributed by atoms with E-state index in [1.54, 1.807) is 0 Å². The van der Waals surface area contributed by atoms with Crippen molar-refractivity contribution in [2.45, 2.75) is 27.3 Å². The lowest BCUT2D eigenvalue weighted by Gasteiger charge is -2.11. The van der Waals surface area contributed by atoms with Gasteiger partial charge >= 0.3 is 0 Å². The number of amides is 1. The lowest BCUT2D eigenvalue weighted by Crippen LogP contribution is -2.23. The van der Waals surface area contributed by atoms with Crippen LogP contribution in [0.2, 0.25) is 0 Å². The van der Waals surface area contributed by atoms with E-state index in [1.807, 2.05) is 32.0 Å². The molecule has 0 atom stereocenters. The van der Waals surface area contributed by atoms with Crippen molar-refractivity contribution in [3.05, 3.63) is 82.4 Å². The Kier molecular flexibility index (Phi) is 4.16. The van der Waals surface area contributed by atoms with E-state index in [-0.39, 0.29) is 5.91 Å². The molecule has 23 heavy (non-hydrogen) atoms. The Bertz CT molecular complexity index is 880. The summed E-state index contributed by atoms with van der Waals surface area (Å²) in [5.74, 6) is -0.0150. The molecule has 0 radical (unpaired) electrons. The molecule has 0 aliphatic carbocycles. The fourth-order valence-electron chi connectivity index (χ4n) is 2.83. The Morgan fingerprint density at radius 3 is 2.30 bits per heavy atom. The molecule has 0 aliphatic heterocycles. The van der Waals surface area contributed by atoms with Crippen molar-refractivity contribution in [2.75, 3.05) is 0 Å². The number of carbonyl (C=O) groups is 1. The molecule has 116 valence electrons. The summed E-state index contributed by atoms with van der Waals surface area (Å²) in [6, 6.07) is 18.6. The number of hydrogen-bond donors (Lipinski definition) is 1. The smallest absolute Gasteiger partial charge is 0.251 e. The molecule has 0 saturated heterocycles. The zero-order valence-electron chi connectivity index (χ0n) is 13.8. The molecule has 0 aromatic heterocycles. The van der Waals surface area contributed by atoms with Gasteiger partial charge in [0.1, 0.15) is 0 Å². The minimum absolute atomic E-state index is 0.0150. The summed E-state index contributed by atoms with van der Waals surface area (Å²) >= 11 is 0. The highest BCUT2D eigenvalue weighted by atomic mass is 16.1. The van der Waals surface area contributed by atoms with E-state index < -0.39 is 0 Å². The lowest BCUT2D eigenvalue weighted by molar-refractivity contribution is 0.0950. The van der Waals surface area contributed by atoms with Gasteiger partial charge in [-0.1, -0.05) is 42.5 Å². The molecular weight excluding hydrogens is 282 g/mol. The van der Waals surface area contributed by atoms with Gasteiger partial charge in [-0.3, -0.25) is 4.79 Å². The van der Waals surface area contributed by atoms with Crippen molar-refractivity contribution in [1.29, 1.82) is 0 Å². The lowest BCUT2D eigenvalue weighted by atomic mass is 10.0. The van der Waals surface area contributed by atoms with E-state index >= 15 is 0 Å². The van der Waals surface area contributed by atoms with Crippen LogP contribution in [0.4, 0.5) is 0 Å². The Balaban J connectivity index is 1.76. The number of aryl methyl sites for hydroxylation is 3. The van der Waals surface area contributed by atoms with Crippen molar-refractivity contribution < 1.29 is 4.79 Å². The Labute approximate surface area is 137 Å². The molecule has 0 aliphatic rings.